The van der Waals surface area contributed by atoms with E-state index in [4.69, 9.17) is 4.74 Å². The lowest BCUT2D eigenvalue weighted by atomic mass is 9.70. The van der Waals surface area contributed by atoms with Gasteiger partial charge in [-0.1, -0.05) is 25.3 Å². The van der Waals surface area contributed by atoms with Crippen molar-refractivity contribution in [2.45, 2.75) is 96.0 Å². The summed E-state index contributed by atoms with van der Waals surface area (Å²) in [5, 5.41) is 0. The Morgan fingerprint density at radius 3 is 2.00 bits per heavy atom. The standard InChI is InChI=1S/C22H36O2/c1-2-6-17-9-11-18(12-10-17)19-13-15-21(16-14-19)24-22(23)20-7-4-3-5-8-20/h2,17-21H,1,3-16H2. The van der Waals surface area contributed by atoms with Crippen LogP contribution in [0.1, 0.15) is 89.9 Å². The Morgan fingerprint density at radius 2 is 1.42 bits per heavy atom. The number of esters is 1. The minimum Gasteiger partial charge on any atom is -0.462 e. The number of carbonyl (C=O) groups excluding carboxylic acids is 1. The molecule has 0 atom stereocenters. The van der Waals surface area contributed by atoms with Gasteiger partial charge in [0.2, 0.25) is 0 Å². The molecular formula is C22H36O2. The minimum atomic E-state index is 0.114. The van der Waals surface area contributed by atoms with Crippen molar-refractivity contribution in [2.75, 3.05) is 0 Å². The summed E-state index contributed by atoms with van der Waals surface area (Å²) >= 11 is 0. The third kappa shape index (κ3) is 4.86. The highest BCUT2D eigenvalue weighted by Gasteiger charge is 2.32. The van der Waals surface area contributed by atoms with Gasteiger partial charge in [-0.15, -0.1) is 6.58 Å². The molecule has 24 heavy (non-hydrogen) atoms. The maximum Gasteiger partial charge on any atom is 0.309 e. The minimum absolute atomic E-state index is 0.114. The highest BCUT2D eigenvalue weighted by atomic mass is 16.5. The van der Waals surface area contributed by atoms with Crippen molar-refractivity contribution < 1.29 is 9.53 Å². The molecule has 3 aliphatic carbocycles. The Kier molecular flexibility index (Phi) is 6.80. The zero-order valence-electron chi connectivity index (χ0n) is 15.4. The maximum absolute atomic E-state index is 12.3. The third-order valence-corrected chi connectivity index (χ3v) is 7.00. The summed E-state index contributed by atoms with van der Waals surface area (Å²) in [5.41, 5.74) is 0. The molecule has 0 aromatic heterocycles. The highest BCUT2D eigenvalue weighted by Crippen LogP contribution is 2.41. The molecule has 0 aromatic rings. The van der Waals surface area contributed by atoms with Crippen molar-refractivity contribution in [1.29, 1.82) is 0 Å². The molecule has 2 heteroatoms. The summed E-state index contributed by atoms with van der Waals surface area (Å²) in [6, 6.07) is 0. The van der Waals surface area contributed by atoms with Crippen LogP contribution < -0.4 is 0 Å². The Labute approximate surface area is 148 Å². The second kappa shape index (κ2) is 9.06. The second-order valence-corrected chi connectivity index (χ2v) is 8.61. The molecule has 3 aliphatic rings. The molecular weight excluding hydrogens is 296 g/mol. The first-order valence-electron chi connectivity index (χ1n) is 10.6. The molecule has 0 heterocycles. The number of rotatable bonds is 5. The first-order chi connectivity index (χ1) is 11.8. The first-order valence-corrected chi connectivity index (χ1v) is 10.6. The van der Waals surface area contributed by atoms with E-state index in [2.05, 4.69) is 12.7 Å². The SMILES string of the molecule is C=CCC1CCC(C2CCC(OC(=O)C3CCCCC3)CC2)CC1. The lowest BCUT2D eigenvalue weighted by Gasteiger charge is -2.37. The van der Waals surface area contributed by atoms with E-state index >= 15 is 0 Å². The van der Waals surface area contributed by atoms with Gasteiger partial charge in [-0.2, -0.15) is 0 Å². The molecule has 0 saturated heterocycles. The Balaban J connectivity index is 1.36. The molecule has 0 aliphatic heterocycles. The van der Waals surface area contributed by atoms with Crippen molar-refractivity contribution in [3.63, 3.8) is 0 Å². The zero-order valence-corrected chi connectivity index (χ0v) is 15.4. The molecule has 0 bridgehead atoms. The van der Waals surface area contributed by atoms with Gasteiger partial charge in [0.15, 0.2) is 0 Å². The average Bonchev–Trinajstić information content (AvgIpc) is 2.64. The van der Waals surface area contributed by atoms with Crippen LogP contribution in [-0.2, 0) is 9.53 Å². The number of hydrogen-bond acceptors (Lipinski definition) is 2. The van der Waals surface area contributed by atoms with E-state index in [1.54, 1.807) is 0 Å². The van der Waals surface area contributed by atoms with Crippen LogP contribution in [0.25, 0.3) is 0 Å². The van der Waals surface area contributed by atoms with Crippen LogP contribution in [0.2, 0.25) is 0 Å². The topological polar surface area (TPSA) is 26.3 Å². The van der Waals surface area contributed by atoms with Gasteiger partial charge < -0.3 is 4.74 Å². The van der Waals surface area contributed by atoms with Gasteiger partial charge in [0.1, 0.15) is 6.10 Å². The molecule has 0 spiro atoms. The van der Waals surface area contributed by atoms with E-state index in [0.717, 1.165) is 43.4 Å². The molecule has 0 N–H and O–H groups in total. The van der Waals surface area contributed by atoms with E-state index in [-0.39, 0.29) is 18.0 Å². The summed E-state index contributed by atoms with van der Waals surface area (Å²) in [5.74, 6) is 3.03. The van der Waals surface area contributed by atoms with Crippen LogP contribution in [0.3, 0.4) is 0 Å². The van der Waals surface area contributed by atoms with Crippen molar-refractivity contribution >= 4 is 5.97 Å². The van der Waals surface area contributed by atoms with Crippen LogP contribution in [0.15, 0.2) is 12.7 Å². The lowest BCUT2D eigenvalue weighted by Crippen LogP contribution is -2.31. The molecule has 0 amide bonds. The molecule has 0 unspecified atom stereocenters. The largest absolute Gasteiger partial charge is 0.462 e. The van der Waals surface area contributed by atoms with Crippen LogP contribution in [0.5, 0.6) is 0 Å². The van der Waals surface area contributed by atoms with Crippen molar-refractivity contribution in [2.24, 2.45) is 23.7 Å². The molecule has 3 saturated carbocycles. The first kappa shape index (κ1) is 18.0. The normalized spacial score (nSPS) is 35.3. The lowest BCUT2D eigenvalue weighted by molar-refractivity contribution is -0.157. The predicted molar refractivity (Wildman–Crippen MR) is 98.7 cm³/mol. The van der Waals surface area contributed by atoms with Gasteiger partial charge in [0.25, 0.3) is 0 Å². The molecule has 3 fully saturated rings. The van der Waals surface area contributed by atoms with Gasteiger partial charge in [0.05, 0.1) is 5.92 Å². The van der Waals surface area contributed by atoms with Crippen LogP contribution >= 0.6 is 0 Å². The number of carbonyl (C=O) groups is 1. The van der Waals surface area contributed by atoms with E-state index < -0.39 is 0 Å². The van der Waals surface area contributed by atoms with Crippen molar-refractivity contribution in [1.82, 2.24) is 0 Å². The van der Waals surface area contributed by atoms with E-state index in [1.165, 1.54) is 64.2 Å². The monoisotopic (exact) mass is 332 g/mol. The Hall–Kier alpha value is -0.790. The third-order valence-electron chi connectivity index (χ3n) is 7.00. The Bertz CT molecular complexity index is 394. The summed E-state index contributed by atoms with van der Waals surface area (Å²) in [4.78, 5) is 12.3. The molecule has 0 radical (unpaired) electrons. The summed E-state index contributed by atoms with van der Waals surface area (Å²) < 4.78 is 5.87. The molecule has 136 valence electrons. The molecule has 3 rings (SSSR count). The second-order valence-electron chi connectivity index (χ2n) is 8.61. The summed E-state index contributed by atoms with van der Waals surface area (Å²) in [6.45, 7) is 3.89. The van der Waals surface area contributed by atoms with Crippen LogP contribution in [-0.4, -0.2) is 12.1 Å². The average molecular weight is 333 g/mol. The van der Waals surface area contributed by atoms with Crippen molar-refractivity contribution in [3.05, 3.63) is 12.7 Å². The quantitative estimate of drug-likeness (QED) is 0.452. The van der Waals surface area contributed by atoms with Gasteiger partial charge in [-0.3, -0.25) is 4.79 Å². The summed E-state index contributed by atoms with van der Waals surface area (Å²) in [7, 11) is 0. The van der Waals surface area contributed by atoms with E-state index in [9.17, 15) is 4.79 Å². The van der Waals surface area contributed by atoms with Crippen LogP contribution in [0, 0.1) is 23.7 Å². The highest BCUT2D eigenvalue weighted by molar-refractivity contribution is 5.72. The zero-order chi connectivity index (χ0) is 16.8. The maximum atomic E-state index is 12.3. The molecule has 2 nitrogen and oxygen atoms in total. The van der Waals surface area contributed by atoms with E-state index in [1.807, 2.05) is 0 Å². The molecule has 0 aromatic carbocycles. The van der Waals surface area contributed by atoms with Gasteiger partial charge in [0, 0.05) is 0 Å². The van der Waals surface area contributed by atoms with Gasteiger partial charge >= 0.3 is 5.97 Å². The Morgan fingerprint density at radius 1 is 0.833 bits per heavy atom. The predicted octanol–water partition coefficient (Wildman–Crippen LogP) is 6.05. The van der Waals surface area contributed by atoms with Gasteiger partial charge in [-0.05, 0) is 88.4 Å². The smallest absolute Gasteiger partial charge is 0.309 e. The van der Waals surface area contributed by atoms with Crippen LogP contribution in [0.4, 0.5) is 0 Å². The fraction of sp³-hybridized carbons (Fsp3) is 0.864. The van der Waals surface area contributed by atoms with E-state index in [0.29, 0.717) is 0 Å². The number of ether oxygens (including phenoxy) is 1. The van der Waals surface area contributed by atoms with Gasteiger partial charge in [-0.25, -0.2) is 0 Å². The number of allylic oxidation sites excluding steroid dienone is 1. The number of hydrogen-bond donors (Lipinski definition) is 0. The summed E-state index contributed by atoms with van der Waals surface area (Å²) in [6.07, 6.45) is 19.7. The fourth-order valence-electron chi connectivity index (χ4n) is 5.41. The fourth-order valence-corrected chi connectivity index (χ4v) is 5.41. The van der Waals surface area contributed by atoms with Crippen molar-refractivity contribution in [3.8, 4) is 0 Å².